The zero-order valence-corrected chi connectivity index (χ0v) is 15.8. The SMILES string of the molecule is Clc1nc(-c2cc(Br)c(Cl)s2)nc(C2CCCC2)c1Br. The van der Waals surface area contributed by atoms with Crippen molar-refractivity contribution in [2.24, 2.45) is 0 Å². The highest BCUT2D eigenvalue weighted by Gasteiger charge is 2.24. The van der Waals surface area contributed by atoms with Crippen LogP contribution in [0.1, 0.15) is 37.3 Å². The molecule has 0 bridgehead atoms. The summed E-state index contributed by atoms with van der Waals surface area (Å²) in [6.07, 6.45) is 4.84. The van der Waals surface area contributed by atoms with Crippen LogP contribution in [0.3, 0.4) is 0 Å². The molecule has 2 aromatic rings. The van der Waals surface area contributed by atoms with Crippen molar-refractivity contribution < 1.29 is 0 Å². The van der Waals surface area contributed by atoms with E-state index in [1.54, 1.807) is 0 Å². The van der Waals surface area contributed by atoms with Gasteiger partial charge in [-0.2, -0.15) is 0 Å². The zero-order chi connectivity index (χ0) is 14.3. The van der Waals surface area contributed by atoms with Crippen LogP contribution in [-0.4, -0.2) is 9.97 Å². The van der Waals surface area contributed by atoms with Gasteiger partial charge in [-0.1, -0.05) is 36.0 Å². The van der Waals surface area contributed by atoms with E-state index in [1.165, 1.54) is 37.0 Å². The molecule has 2 aromatic heterocycles. The molecule has 0 atom stereocenters. The first-order valence-electron chi connectivity index (χ1n) is 6.24. The average Bonchev–Trinajstić information content (AvgIpc) is 3.04. The van der Waals surface area contributed by atoms with E-state index in [0.29, 0.717) is 21.2 Å². The molecular weight excluding hydrogens is 447 g/mol. The highest BCUT2D eigenvalue weighted by atomic mass is 79.9. The van der Waals surface area contributed by atoms with Crippen LogP contribution in [0.4, 0.5) is 0 Å². The Balaban J connectivity index is 2.08. The van der Waals surface area contributed by atoms with Crippen LogP contribution in [0, 0.1) is 0 Å². The summed E-state index contributed by atoms with van der Waals surface area (Å²) in [5.41, 5.74) is 1.03. The Bertz CT molecular complexity index is 635. The normalized spacial score (nSPS) is 16.0. The minimum Gasteiger partial charge on any atom is -0.231 e. The number of hydrogen-bond donors (Lipinski definition) is 0. The van der Waals surface area contributed by atoms with Gasteiger partial charge >= 0.3 is 0 Å². The Kier molecular flexibility index (Phi) is 4.73. The molecule has 0 unspecified atom stereocenters. The summed E-state index contributed by atoms with van der Waals surface area (Å²) in [6, 6.07) is 1.94. The maximum atomic E-state index is 6.26. The lowest BCUT2D eigenvalue weighted by Crippen LogP contribution is -2.02. The number of nitrogens with zero attached hydrogens (tertiary/aromatic N) is 2. The summed E-state index contributed by atoms with van der Waals surface area (Å²) in [7, 11) is 0. The van der Waals surface area contributed by atoms with E-state index in [1.807, 2.05) is 6.07 Å². The van der Waals surface area contributed by atoms with Crippen molar-refractivity contribution in [2.75, 3.05) is 0 Å². The first-order valence-corrected chi connectivity index (χ1v) is 9.40. The lowest BCUT2D eigenvalue weighted by atomic mass is 10.0. The van der Waals surface area contributed by atoms with E-state index in [9.17, 15) is 0 Å². The molecule has 0 saturated heterocycles. The number of hydrogen-bond acceptors (Lipinski definition) is 3. The second-order valence-electron chi connectivity index (χ2n) is 4.75. The van der Waals surface area contributed by atoms with Crippen molar-refractivity contribution in [2.45, 2.75) is 31.6 Å². The minimum absolute atomic E-state index is 0.470. The topological polar surface area (TPSA) is 25.8 Å². The standard InChI is InChI=1S/C13H10Br2Cl2N2S/c14-7-5-8(20-12(7)17)13-18-10(6-3-1-2-4-6)9(15)11(16)19-13/h5-6H,1-4H2. The van der Waals surface area contributed by atoms with E-state index in [2.05, 4.69) is 36.8 Å². The van der Waals surface area contributed by atoms with Crippen LogP contribution in [0.5, 0.6) is 0 Å². The fourth-order valence-electron chi connectivity index (χ4n) is 2.47. The predicted molar refractivity (Wildman–Crippen MR) is 92.0 cm³/mol. The van der Waals surface area contributed by atoms with Crippen LogP contribution in [0.25, 0.3) is 10.7 Å². The molecule has 1 aliphatic rings. The first-order chi connectivity index (χ1) is 9.56. The molecule has 3 rings (SSSR count). The second-order valence-corrected chi connectivity index (χ2v) is 8.41. The molecule has 106 valence electrons. The molecule has 1 aliphatic carbocycles. The van der Waals surface area contributed by atoms with Gasteiger partial charge in [-0.25, -0.2) is 9.97 Å². The quantitative estimate of drug-likeness (QED) is 0.470. The predicted octanol–water partition coefficient (Wildman–Crippen LogP) is 6.69. The van der Waals surface area contributed by atoms with Crippen LogP contribution >= 0.6 is 66.4 Å². The molecule has 2 nitrogen and oxygen atoms in total. The highest BCUT2D eigenvalue weighted by molar-refractivity contribution is 9.11. The van der Waals surface area contributed by atoms with Crippen molar-refractivity contribution >= 4 is 66.4 Å². The Hall–Kier alpha value is 0.320. The van der Waals surface area contributed by atoms with E-state index in [4.69, 9.17) is 28.2 Å². The summed E-state index contributed by atoms with van der Waals surface area (Å²) < 4.78 is 2.39. The third kappa shape index (κ3) is 2.93. The van der Waals surface area contributed by atoms with Gasteiger partial charge in [-0.3, -0.25) is 0 Å². The van der Waals surface area contributed by atoms with E-state index >= 15 is 0 Å². The fraction of sp³-hybridized carbons (Fsp3) is 0.385. The number of rotatable bonds is 2. The van der Waals surface area contributed by atoms with Crippen molar-refractivity contribution in [1.82, 2.24) is 9.97 Å². The molecule has 0 aromatic carbocycles. The first kappa shape index (κ1) is 15.2. The molecular formula is C13H10Br2Cl2N2S. The van der Waals surface area contributed by atoms with Gasteiger partial charge in [-0.05, 0) is 50.8 Å². The lowest BCUT2D eigenvalue weighted by molar-refractivity contribution is 0.691. The molecule has 1 fully saturated rings. The third-order valence-electron chi connectivity index (χ3n) is 3.44. The van der Waals surface area contributed by atoms with Gasteiger partial charge in [0.05, 0.1) is 15.0 Å². The maximum Gasteiger partial charge on any atom is 0.171 e. The Labute approximate surface area is 148 Å². The minimum atomic E-state index is 0.470. The average molecular weight is 457 g/mol. The highest BCUT2D eigenvalue weighted by Crippen LogP contribution is 2.41. The summed E-state index contributed by atoms with van der Waals surface area (Å²) in [5, 5.41) is 0.470. The monoisotopic (exact) mass is 454 g/mol. The number of thiophene rings is 1. The van der Waals surface area contributed by atoms with Crippen molar-refractivity contribution in [1.29, 1.82) is 0 Å². The van der Waals surface area contributed by atoms with Gasteiger partial charge < -0.3 is 0 Å². The largest absolute Gasteiger partial charge is 0.231 e. The summed E-state index contributed by atoms with van der Waals surface area (Å²) in [4.78, 5) is 10.0. The summed E-state index contributed by atoms with van der Waals surface area (Å²) >= 11 is 20.7. The van der Waals surface area contributed by atoms with E-state index in [0.717, 1.165) is 19.5 Å². The van der Waals surface area contributed by atoms with Crippen LogP contribution in [-0.2, 0) is 0 Å². The third-order valence-corrected chi connectivity index (χ3v) is 7.20. The van der Waals surface area contributed by atoms with Gasteiger partial charge in [0.2, 0.25) is 0 Å². The molecule has 1 saturated carbocycles. The molecule has 0 spiro atoms. The molecule has 7 heteroatoms. The van der Waals surface area contributed by atoms with Crippen molar-refractivity contribution in [3.8, 4) is 10.7 Å². The zero-order valence-electron chi connectivity index (χ0n) is 10.3. The van der Waals surface area contributed by atoms with Crippen LogP contribution < -0.4 is 0 Å². The van der Waals surface area contributed by atoms with Gasteiger partial charge in [0, 0.05) is 10.4 Å². The lowest BCUT2D eigenvalue weighted by Gasteiger charge is -2.12. The Morgan fingerprint density at radius 1 is 1.15 bits per heavy atom. The van der Waals surface area contributed by atoms with Gasteiger partial charge in [0.15, 0.2) is 5.82 Å². The molecule has 0 radical (unpaired) electrons. The van der Waals surface area contributed by atoms with Gasteiger partial charge in [0.1, 0.15) is 9.49 Å². The number of aromatic nitrogens is 2. The smallest absolute Gasteiger partial charge is 0.171 e. The van der Waals surface area contributed by atoms with Crippen molar-refractivity contribution in [3.63, 3.8) is 0 Å². The number of halogens is 4. The second kappa shape index (κ2) is 6.21. The van der Waals surface area contributed by atoms with Crippen LogP contribution in [0.15, 0.2) is 15.0 Å². The van der Waals surface area contributed by atoms with Crippen molar-refractivity contribution in [3.05, 3.63) is 30.2 Å². The Morgan fingerprint density at radius 3 is 2.45 bits per heavy atom. The molecule has 0 amide bonds. The van der Waals surface area contributed by atoms with E-state index in [-0.39, 0.29) is 0 Å². The fourth-order valence-corrected chi connectivity index (χ4v) is 4.79. The maximum absolute atomic E-state index is 6.26. The summed E-state index contributed by atoms with van der Waals surface area (Å²) in [6.45, 7) is 0. The van der Waals surface area contributed by atoms with Gasteiger partial charge in [-0.15, -0.1) is 11.3 Å². The van der Waals surface area contributed by atoms with Gasteiger partial charge in [0.25, 0.3) is 0 Å². The molecule has 2 heterocycles. The van der Waals surface area contributed by atoms with Crippen LogP contribution in [0.2, 0.25) is 9.49 Å². The molecule has 0 aliphatic heterocycles. The molecule has 20 heavy (non-hydrogen) atoms. The summed E-state index contributed by atoms with van der Waals surface area (Å²) in [5.74, 6) is 1.13. The molecule has 0 N–H and O–H groups in total. The Morgan fingerprint density at radius 2 is 1.85 bits per heavy atom. The van der Waals surface area contributed by atoms with E-state index < -0.39 is 0 Å².